The molecule has 1 heterocycles. The standard InChI is InChI=1S/C25H26N2O3S/c1-2-27(22-12-7-4-8-13-22)31(29,30)23-17-15-21(16-18-23)25(28)26-19-9-14-24(26)20-10-5-3-6-11-20/h3-8,10-13,15-18,24H,2,9,14,19H2,1H3. The SMILES string of the molecule is CCN(c1ccccc1)S(=O)(=O)c1ccc(C(=O)N2CCCC2c2ccccc2)cc1. The van der Waals surface area contributed by atoms with E-state index in [-0.39, 0.29) is 16.8 Å². The molecule has 0 N–H and O–H groups in total. The second kappa shape index (κ2) is 8.94. The first-order chi connectivity index (χ1) is 15.0. The molecular weight excluding hydrogens is 408 g/mol. The van der Waals surface area contributed by atoms with Crippen molar-refractivity contribution in [2.45, 2.75) is 30.7 Å². The van der Waals surface area contributed by atoms with Crippen LogP contribution < -0.4 is 4.31 Å². The fourth-order valence-electron chi connectivity index (χ4n) is 4.18. The van der Waals surface area contributed by atoms with Gasteiger partial charge in [0.25, 0.3) is 15.9 Å². The predicted molar refractivity (Wildman–Crippen MR) is 123 cm³/mol. The van der Waals surface area contributed by atoms with Gasteiger partial charge in [-0.05, 0) is 61.7 Å². The molecule has 0 spiro atoms. The van der Waals surface area contributed by atoms with Crippen LogP contribution in [0.15, 0.2) is 89.8 Å². The van der Waals surface area contributed by atoms with E-state index in [4.69, 9.17) is 0 Å². The van der Waals surface area contributed by atoms with Gasteiger partial charge in [-0.1, -0.05) is 48.5 Å². The Morgan fingerprint density at radius 1 is 0.935 bits per heavy atom. The van der Waals surface area contributed by atoms with Crippen molar-refractivity contribution >= 4 is 21.6 Å². The Bertz CT molecular complexity index is 1130. The highest BCUT2D eigenvalue weighted by Crippen LogP contribution is 2.33. The van der Waals surface area contributed by atoms with Crippen molar-refractivity contribution < 1.29 is 13.2 Å². The number of likely N-dealkylation sites (tertiary alicyclic amines) is 1. The van der Waals surface area contributed by atoms with Crippen LogP contribution in [0.25, 0.3) is 0 Å². The Balaban J connectivity index is 1.57. The highest BCUT2D eigenvalue weighted by molar-refractivity contribution is 7.92. The molecule has 1 aliphatic heterocycles. The molecule has 3 aromatic carbocycles. The van der Waals surface area contributed by atoms with Gasteiger partial charge in [-0.25, -0.2) is 8.42 Å². The van der Waals surface area contributed by atoms with E-state index in [1.165, 1.54) is 16.4 Å². The van der Waals surface area contributed by atoms with E-state index in [9.17, 15) is 13.2 Å². The second-order valence-corrected chi connectivity index (χ2v) is 9.46. The lowest BCUT2D eigenvalue weighted by Crippen LogP contribution is -2.31. The van der Waals surface area contributed by atoms with Crippen molar-refractivity contribution in [3.05, 3.63) is 96.1 Å². The first kappa shape index (κ1) is 21.1. The average Bonchev–Trinajstić information content (AvgIpc) is 3.30. The van der Waals surface area contributed by atoms with E-state index in [1.807, 2.05) is 41.3 Å². The van der Waals surface area contributed by atoms with Crippen LogP contribution in [-0.2, 0) is 10.0 Å². The molecule has 1 saturated heterocycles. The van der Waals surface area contributed by atoms with Gasteiger partial charge in [-0.2, -0.15) is 0 Å². The Morgan fingerprint density at radius 2 is 1.55 bits per heavy atom. The average molecular weight is 435 g/mol. The third kappa shape index (κ3) is 4.21. The summed E-state index contributed by atoms with van der Waals surface area (Å²) in [7, 11) is -3.71. The summed E-state index contributed by atoms with van der Waals surface area (Å²) >= 11 is 0. The number of anilines is 1. The molecule has 3 aromatic rings. The zero-order valence-electron chi connectivity index (χ0n) is 17.5. The molecule has 6 heteroatoms. The van der Waals surface area contributed by atoms with E-state index in [0.29, 0.717) is 24.3 Å². The maximum absolute atomic E-state index is 13.2. The van der Waals surface area contributed by atoms with Crippen LogP contribution in [0.1, 0.15) is 41.7 Å². The number of benzene rings is 3. The maximum atomic E-state index is 13.2. The lowest BCUT2D eigenvalue weighted by atomic mass is 10.0. The molecular formula is C25H26N2O3S. The summed E-state index contributed by atoms with van der Waals surface area (Å²) < 4.78 is 27.7. The van der Waals surface area contributed by atoms with Crippen LogP contribution >= 0.6 is 0 Å². The Hall–Kier alpha value is -3.12. The molecule has 0 bridgehead atoms. The summed E-state index contributed by atoms with van der Waals surface area (Å²) in [5.41, 5.74) is 2.26. The summed E-state index contributed by atoms with van der Waals surface area (Å²) in [6, 6.07) is 25.4. The van der Waals surface area contributed by atoms with Crippen LogP contribution in [0.4, 0.5) is 5.69 Å². The van der Waals surface area contributed by atoms with Crippen LogP contribution in [0.3, 0.4) is 0 Å². The van der Waals surface area contributed by atoms with Crippen LogP contribution in [0.5, 0.6) is 0 Å². The fourth-order valence-corrected chi connectivity index (χ4v) is 5.65. The van der Waals surface area contributed by atoms with E-state index in [0.717, 1.165) is 18.4 Å². The number of para-hydroxylation sites is 1. The van der Waals surface area contributed by atoms with Crippen LogP contribution in [0.2, 0.25) is 0 Å². The number of amides is 1. The molecule has 1 unspecified atom stereocenters. The van der Waals surface area contributed by atoms with Gasteiger partial charge < -0.3 is 4.90 Å². The zero-order chi connectivity index (χ0) is 21.8. The normalized spacial score (nSPS) is 16.3. The van der Waals surface area contributed by atoms with Gasteiger partial charge in [-0.15, -0.1) is 0 Å². The predicted octanol–water partition coefficient (Wildman–Crippen LogP) is 4.88. The van der Waals surface area contributed by atoms with Crippen molar-refractivity contribution in [1.82, 2.24) is 4.90 Å². The number of carbonyl (C=O) groups is 1. The molecule has 1 fully saturated rings. The van der Waals surface area contributed by atoms with Crippen molar-refractivity contribution in [3.63, 3.8) is 0 Å². The van der Waals surface area contributed by atoms with E-state index >= 15 is 0 Å². The minimum absolute atomic E-state index is 0.0609. The Kier molecular flexibility index (Phi) is 6.09. The summed E-state index contributed by atoms with van der Waals surface area (Å²) in [4.78, 5) is 15.2. The summed E-state index contributed by atoms with van der Waals surface area (Å²) in [6.45, 7) is 2.83. The summed E-state index contributed by atoms with van der Waals surface area (Å²) in [6.07, 6.45) is 1.89. The molecule has 0 radical (unpaired) electrons. The van der Waals surface area contributed by atoms with Gasteiger partial charge in [0.15, 0.2) is 0 Å². The molecule has 0 aromatic heterocycles. The Labute approximate surface area is 184 Å². The van der Waals surface area contributed by atoms with Gasteiger partial charge >= 0.3 is 0 Å². The lowest BCUT2D eigenvalue weighted by molar-refractivity contribution is 0.0735. The van der Waals surface area contributed by atoms with E-state index in [2.05, 4.69) is 12.1 Å². The highest BCUT2D eigenvalue weighted by atomic mass is 32.2. The molecule has 1 atom stereocenters. The van der Waals surface area contributed by atoms with E-state index in [1.54, 1.807) is 31.2 Å². The number of sulfonamides is 1. The number of nitrogens with zero attached hydrogens (tertiary/aromatic N) is 2. The van der Waals surface area contributed by atoms with Crippen molar-refractivity contribution in [1.29, 1.82) is 0 Å². The fraction of sp³-hybridized carbons (Fsp3) is 0.240. The first-order valence-corrected chi connectivity index (χ1v) is 12.0. The quantitative estimate of drug-likeness (QED) is 0.556. The number of rotatable bonds is 6. The van der Waals surface area contributed by atoms with Crippen LogP contribution in [0, 0.1) is 0 Å². The van der Waals surface area contributed by atoms with Crippen molar-refractivity contribution in [3.8, 4) is 0 Å². The Morgan fingerprint density at radius 3 is 2.16 bits per heavy atom. The van der Waals surface area contributed by atoms with Gasteiger partial charge in [0.05, 0.1) is 16.6 Å². The van der Waals surface area contributed by atoms with Crippen LogP contribution in [-0.4, -0.2) is 32.3 Å². The minimum Gasteiger partial charge on any atom is -0.332 e. The minimum atomic E-state index is -3.71. The zero-order valence-corrected chi connectivity index (χ0v) is 18.3. The topological polar surface area (TPSA) is 57.7 Å². The van der Waals surface area contributed by atoms with Gasteiger partial charge in [0, 0.05) is 18.7 Å². The molecule has 31 heavy (non-hydrogen) atoms. The third-order valence-electron chi connectivity index (χ3n) is 5.72. The monoisotopic (exact) mass is 434 g/mol. The molecule has 0 aliphatic carbocycles. The third-order valence-corrected chi connectivity index (χ3v) is 7.64. The van der Waals surface area contributed by atoms with E-state index < -0.39 is 10.0 Å². The molecule has 1 amide bonds. The largest absolute Gasteiger partial charge is 0.332 e. The summed E-state index contributed by atoms with van der Waals surface area (Å²) in [5.74, 6) is -0.0642. The first-order valence-electron chi connectivity index (χ1n) is 10.6. The number of carbonyl (C=O) groups excluding carboxylic acids is 1. The number of hydrogen-bond acceptors (Lipinski definition) is 3. The molecule has 160 valence electrons. The van der Waals surface area contributed by atoms with Gasteiger partial charge in [0.2, 0.25) is 0 Å². The lowest BCUT2D eigenvalue weighted by Gasteiger charge is -2.26. The summed E-state index contributed by atoms with van der Waals surface area (Å²) in [5, 5.41) is 0. The molecule has 4 rings (SSSR count). The molecule has 0 saturated carbocycles. The number of hydrogen-bond donors (Lipinski definition) is 0. The van der Waals surface area contributed by atoms with Crippen molar-refractivity contribution in [2.75, 3.05) is 17.4 Å². The molecule has 1 aliphatic rings. The maximum Gasteiger partial charge on any atom is 0.264 e. The van der Waals surface area contributed by atoms with Gasteiger partial charge in [0.1, 0.15) is 0 Å². The second-order valence-electron chi connectivity index (χ2n) is 7.60. The highest BCUT2D eigenvalue weighted by Gasteiger charge is 2.31. The van der Waals surface area contributed by atoms with Gasteiger partial charge in [-0.3, -0.25) is 9.10 Å². The van der Waals surface area contributed by atoms with Crippen molar-refractivity contribution in [2.24, 2.45) is 0 Å². The molecule has 5 nitrogen and oxygen atoms in total. The smallest absolute Gasteiger partial charge is 0.264 e.